The number of aryl methyl sites for hydroxylation is 1. The average Bonchev–Trinajstić information content (AvgIpc) is 2.40. The highest BCUT2D eigenvalue weighted by Crippen LogP contribution is 2.26. The maximum absolute atomic E-state index is 13.2. The van der Waals surface area contributed by atoms with Gasteiger partial charge in [0.15, 0.2) is 23.3 Å². The van der Waals surface area contributed by atoms with Crippen molar-refractivity contribution in [3.05, 3.63) is 44.0 Å². The van der Waals surface area contributed by atoms with Gasteiger partial charge >= 0.3 is 0 Å². The van der Waals surface area contributed by atoms with E-state index in [4.69, 9.17) is 11.6 Å². The zero-order chi connectivity index (χ0) is 14.9. The van der Waals surface area contributed by atoms with E-state index in [0.717, 1.165) is 18.6 Å². The third kappa shape index (κ3) is 3.06. The van der Waals surface area contributed by atoms with Gasteiger partial charge in [-0.15, -0.1) is 0 Å². The van der Waals surface area contributed by atoms with Crippen molar-refractivity contribution in [3.63, 3.8) is 0 Å². The predicted molar refractivity (Wildman–Crippen MR) is 79.1 cm³/mol. The quantitative estimate of drug-likeness (QED) is 0.412. The summed E-state index contributed by atoms with van der Waals surface area (Å²) in [6.07, 6.45) is 1.51. The van der Waals surface area contributed by atoms with Crippen LogP contribution in [0.2, 0.25) is 5.15 Å². The highest BCUT2D eigenvalue weighted by molar-refractivity contribution is 14.1. The first-order valence-electron chi connectivity index (χ1n) is 5.80. The van der Waals surface area contributed by atoms with Crippen molar-refractivity contribution in [1.82, 2.24) is 9.97 Å². The molecule has 0 amide bonds. The van der Waals surface area contributed by atoms with Gasteiger partial charge in [-0.1, -0.05) is 24.9 Å². The molecule has 0 unspecified atom stereocenters. The molecule has 1 aromatic carbocycles. The van der Waals surface area contributed by atoms with E-state index in [1.54, 1.807) is 0 Å². The molecular formula is C13H9ClF3IN2. The largest absolute Gasteiger partial charge is 0.232 e. The second-order valence-corrected chi connectivity index (χ2v) is 5.54. The molecule has 2 nitrogen and oxygen atoms in total. The van der Waals surface area contributed by atoms with Crippen LogP contribution in [-0.2, 0) is 6.42 Å². The smallest absolute Gasteiger partial charge is 0.194 e. The van der Waals surface area contributed by atoms with Gasteiger partial charge in [-0.2, -0.15) is 0 Å². The van der Waals surface area contributed by atoms with Crippen LogP contribution < -0.4 is 0 Å². The van der Waals surface area contributed by atoms with E-state index in [2.05, 4.69) is 9.97 Å². The molecule has 0 atom stereocenters. The van der Waals surface area contributed by atoms with Crippen molar-refractivity contribution in [1.29, 1.82) is 0 Å². The molecule has 0 bridgehead atoms. The fraction of sp³-hybridized carbons (Fsp3) is 0.231. The minimum absolute atomic E-state index is 0.0528. The second-order valence-electron chi connectivity index (χ2n) is 4.10. The lowest BCUT2D eigenvalue weighted by Crippen LogP contribution is -2.02. The fourth-order valence-electron chi connectivity index (χ4n) is 1.68. The zero-order valence-electron chi connectivity index (χ0n) is 10.4. The summed E-state index contributed by atoms with van der Waals surface area (Å²) in [5.41, 5.74) is 0.755. The number of hydrogen-bond acceptors (Lipinski definition) is 2. The lowest BCUT2D eigenvalue weighted by atomic mass is 10.1. The Morgan fingerprint density at radius 2 is 1.75 bits per heavy atom. The zero-order valence-corrected chi connectivity index (χ0v) is 13.3. The van der Waals surface area contributed by atoms with Gasteiger partial charge in [0.25, 0.3) is 0 Å². The Morgan fingerprint density at radius 3 is 2.30 bits per heavy atom. The van der Waals surface area contributed by atoms with Crippen LogP contribution in [0.3, 0.4) is 0 Å². The first kappa shape index (κ1) is 15.5. The van der Waals surface area contributed by atoms with E-state index in [9.17, 15) is 13.2 Å². The van der Waals surface area contributed by atoms with Gasteiger partial charge in [0.1, 0.15) is 5.15 Å². The molecule has 0 aliphatic carbocycles. The molecule has 0 saturated heterocycles. The predicted octanol–water partition coefficient (Wildman–Crippen LogP) is 4.77. The summed E-state index contributed by atoms with van der Waals surface area (Å²) in [5, 5.41) is 0.212. The standard InChI is InChI=1S/C13H9ClF3IN2/c1-2-3-9-11(18)12(14)20-13(19-9)6-4-7(15)10(17)8(16)5-6/h4-5H,2-3H2,1H3. The SMILES string of the molecule is CCCc1nc(-c2cc(F)c(F)c(F)c2)nc(Cl)c1I. The second kappa shape index (κ2) is 6.26. The minimum Gasteiger partial charge on any atom is -0.232 e. The molecule has 20 heavy (non-hydrogen) atoms. The monoisotopic (exact) mass is 412 g/mol. The number of hydrogen-bond donors (Lipinski definition) is 0. The molecule has 0 fully saturated rings. The molecule has 0 aliphatic rings. The molecule has 1 aromatic heterocycles. The number of halogens is 5. The molecule has 2 aromatic rings. The summed E-state index contributed by atoms with van der Waals surface area (Å²) >= 11 is 8.01. The van der Waals surface area contributed by atoms with Crippen molar-refractivity contribution in [2.75, 3.05) is 0 Å². The van der Waals surface area contributed by atoms with Crippen LogP contribution >= 0.6 is 34.2 Å². The number of nitrogens with zero attached hydrogens (tertiary/aromatic N) is 2. The van der Waals surface area contributed by atoms with Crippen molar-refractivity contribution >= 4 is 34.2 Å². The molecule has 0 aliphatic heterocycles. The lowest BCUT2D eigenvalue weighted by molar-refractivity contribution is 0.447. The van der Waals surface area contributed by atoms with Crippen molar-refractivity contribution in [2.24, 2.45) is 0 Å². The van der Waals surface area contributed by atoms with Gasteiger partial charge < -0.3 is 0 Å². The van der Waals surface area contributed by atoms with E-state index < -0.39 is 17.5 Å². The molecule has 1 heterocycles. The Bertz CT molecular complexity index is 641. The van der Waals surface area contributed by atoms with Crippen LogP contribution in [-0.4, -0.2) is 9.97 Å². The van der Waals surface area contributed by atoms with Gasteiger partial charge in [0.2, 0.25) is 0 Å². The Balaban J connectivity index is 2.58. The fourth-order valence-corrected chi connectivity index (χ4v) is 2.38. The molecule has 7 heteroatoms. The Kier molecular flexibility index (Phi) is 4.85. The van der Waals surface area contributed by atoms with E-state index in [0.29, 0.717) is 15.7 Å². The van der Waals surface area contributed by atoms with Gasteiger partial charge in [-0.05, 0) is 41.1 Å². The van der Waals surface area contributed by atoms with Gasteiger partial charge in [-0.3, -0.25) is 0 Å². The first-order valence-corrected chi connectivity index (χ1v) is 7.26. The maximum Gasteiger partial charge on any atom is 0.194 e. The first-order chi connectivity index (χ1) is 9.43. The maximum atomic E-state index is 13.2. The molecule has 0 saturated carbocycles. The van der Waals surface area contributed by atoms with E-state index in [-0.39, 0.29) is 16.5 Å². The third-order valence-corrected chi connectivity index (χ3v) is 4.33. The molecule has 0 radical (unpaired) electrons. The topological polar surface area (TPSA) is 25.8 Å². The lowest BCUT2D eigenvalue weighted by Gasteiger charge is -2.08. The number of aromatic nitrogens is 2. The number of rotatable bonds is 3. The third-order valence-electron chi connectivity index (χ3n) is 2.61. The molecular weight excluding hydrogens is 404 g/mol. The van der Waals surface area contributed by atoms with Crippen LogP contribution in [0.15, 0.2) is 12.1 Å². The summed E-state index contributed by atoms with van der Waals surface area (Å²) in [7, 11) is 0. The van der Waals surface area contributed by atoms with E-state index >= 15 is 0 Å². The summed E-state index contributed by atoms with van der Waals surface area (Å²) < 4.78 is 40.2. The van der Waals surface area contributed by atoms with Crippen molar-refractivity contribution in [3.8, 4) is 11.4 Å². The normalized spacial score (nSPS) is 10.9. The summed E-state index contributed by atoms with van der Waals surface area (Å²) in [5.74, 6) is -4.00. The van der Waals surface area contributed by atoms with Crippen molar-refractivity contribution in [2.45, 2.75) is 19.8 Å². The van der Waals surface area contributed by atoms with E-state index in [1.165, 1.54) is 0 Å². The molecule has 106 valence electrons. The highest BCUT2D eigenvalue weighted by Gasteiger charge is 2.16. The highest BCUT2D eigenvalue weighted by atomic mass is 127. The average molecular weight is 413 g/mol. The van der Waals surface area contributed by atoms with Crippen LogP contribution in [0.5, 0.6) is 0 Å². The summed E-state index contributed by atoms with van der Waals surface area (Å²) in [4.78, 5) is 8.23. The van der Waals surface area contributed by atoms with Crippen LogP contribution in [0.4, 0.5) is 13.2 Å². The molecule has 2 rings (SSSR count). The van der Waals surface area contributed by atoms with E-state index in [1.807, 2.05) is 29.5 Å². The van der Waals surface area contributed by atoms with Gasteiger partial charge in [0.05, 0.1) is 9.26 Å². The van der Waals surface area contributed by atoms with Gasteiger partial charge in [-0.25, -0.2) is 23.1 Å². The molecule has 0 N–H and O–H groups in total. The Labute approximate surface area is 132 Å². The summed E-state index contributed by atoms with van der Waals surface area (Å²) in [6.45, 7) is 1.98. The van der Waals surface area contributed by atoms with Crippen LogP contribution in [0, 0.1) is 21.0 Å². The van der Waals surface area contributed by atoms with Crippen molar-refractivity contribution < 1.29 is 13.2 Å². The number of benzene rings is 1. The Morgan fingerprint density at radius 1 is 1.15 bits per heavy atom. The van der Waals surface area contributed by atoms with Crippen LogP contribution in [0.25, 0.3) is 11.4 Å². The van der Waals surface area contributed by atoms with Gasteiger partial charge in [0, 0.05) is 5.56 Å². The summed E-state index contributed by atoms with van der Waals surface area (Å²) in [6, 6.07) is 1.71. The Hall–Kier alpha value is -0.890. The minimum atomic E-state index is -1.51. The molecule has 0 spiro atoms. The van der Waals surface area contributed by atoms with Crippen LogP contribution in [0.1, 0.15) is 19.0 Å².